The molecule has 3 rings (SSSR count). The molecule has 0 bridgehead atoms. The lowest BCUT2D eigenvalue weighted by Crippen LogP contribution is -2.60. The molecule has 3 N–H and O–H groups in total. The first-order valence-electron chi connectivity index (χ1n) is 11.9. The van der Waals surface area contributed by atoms with Gasteiger partial charge in [0.25, 0.3) is 0 Å². The highest BCUT2D eigenvalue weighted by atomic mass is 35.5. The van der Waals surface area contributed by atoms with Crippen molar-refractivity contribution in [2.45, 2.75) is 63.7 Å². The first kappa shape index (κ1) is 25.5. The predicted molar refractivity (Wildman–Crippen MR) is 132 cm³/mol. The lowest BCUT2D eigenvalue weighted by molar-refractivity contribution is -0.0921. The second kappa shape index (κ2) is 10.4. The van der Waals surface area contributed by atoms with Crippen LogP contribution in [0, 0.1) is 17.3 Å². The molecule has 0 amide bonds. The zero-order valence-electron chi connectivity index (χ0n) is 20.2. The summed E-state index contributed by atoms with van der Waals surface area (Å²) in [6.07, 6.45) is 13.1. The highest BCUT2D eigenvalue weighted by molar-refractivity contribution is 6.22. The van der Waals surface area contributed by atoms with Crippen molar-refractivity contribution in [2.75, 3.05) is 33.3 Å². The number of nitrogens with one attached hydrogen (secondary N) is 1. The number of alkyl halides is 1. The van der Waals surface area contributed by atoms with Gasteiger partial charge in [-0.1, -0.05) is 45.9 Å². The van der Waals surface area contributed by atoms with E-state index in [1.165, 1.54) is 0 Å². The van der Waals surface area contributed by atoms with E-state index in [-0.39, 0.29) is 16.9 Å². The molecule has 180 valence electrons. The molecule has 0 aromatic carbocycles. The van der Waals surface area contributed by atoms with Gasteiger partial charge in [-0.15, -0.1) is 11.6 Å². The number of aliphatic hydroxyl groups excluding tert-OH is 1. The van der Waals surface area contributed by atoms with Crippen molar-refractivity contribution in [2.24, 2.45) is 17.3 Å². The van der Waals surface area contributed by atoms with Crippen molar-refractivity contribution in [1.82, 2.24) is 10.2 Å². The van der Waals surface area contributed by atoms with Gasteiger partial charge in [0.1, 0.15) is 5.76 Å². The third kappa shape index (κ3) is 5.68. The Morgan fingerprint density at radius 1 is 1.28 bits per heavy atom. The highest BCUT2D eigenvalue weighted by Gasteiger charge is 2.50. The topological polar surface area (TPSA) is 65.0 Å². The Labute approximate surface area is 198 Å². The molecule has 5 atom stereocenters. The number of likely N-dealkylation sites (tertiary alicyclic amines) is 1. The first-order valence-corrected chi connectivity index (χ1v) is 12.3. The van der Waals surface area contributed by atoms with Gasteiger partial charge in [-0.25, -0.2) is 0 Å². The molecular weight excluding hydrogens is 424 g/mol. The fraction of sp³-hybridized carbons (Fsp3) is 0.692. The summed E-state index contributed by atoms with van der Waals surface area (Å²) in [7, 11) is 1.66. The molecule has 0 saturated carbocycles. The summed E-state index contributed by atoms with van der Waals surface area (Å²) in [5, 5.41) is 25.1. The largest absolute Gasteiger partial charge is 0.508 e. The molecule has 0 aromatic rings. The van der Waals surface area contributed by atoms with E-state index in [2.05, 4.69) is 37.9 Å². The Morgan fingerprint density at radius 2 is 2.03 bits per heavy atom. The molecule has 0 spiro atoms. The van der Waals surface area contributed by atoms with Gasteiger partial charge < -0.3 is 25.2 Å². The van der Waals surface area contributed by atoms with E-state index in [0.29, 0.717) is 30.1 Å². The summed E-state index contributed by atoms with van der Waals surface area (Å²) in [5.74, 6) is 1.18. The maximum absolute atomic E-state index is 11.8. The second-order valence-electron chi connectivity index (χ2n) is 10.6. The van der Waals surface area contributed by atoms with Gasteiger partial charge in [0.2, 0.25) is 0 Å². The molecule has 0 radical (unpaired) electrons. The normalized spacial score (nSPS) is 33.8. The third-order valence-corrected chi connectivity index (χ3v) is 7.82. The lowest BCUT2D eigenvalue weighted by Gasteiger charge is -2.52. The molecule has 2 aliphatic carbocycles. The fourth-order valence-electron chi connectivity index (χ4n) is 5.18. The van der Waals surface area contributed by atoms with Gasteiger partial charge >= 0.3 is 0 Å². The van der Waals surface area contributed by atoms with Crippen LogP contribution in [0.4, 0.5) is 0 Å². The Morgan fingerprint density at radius 3 is 2.66 bits per heavy atom. The van der Waals surface area contributed by atoms with Gasteiger partial charge in [-0.05, 0) is 48.5 Å². The van der Waals surface area contributed by atoms with E-state index >= 15 is 0 Å². The van der Waals surface area contributed by atoms with E-state index in [1.54, 1.807) is 13.2 Å². The number of methoxy groups -OCH3 is 1. The number of ether oxygens (including phenoxy) is 1. The molecule has 4 unspecified atom stereocenters. The Balaban J connectivity index is 1.63. The van der Waals surface area contributed by atoms with Crippen molar-refractivity contribution in [3.63, 3.8) is 0 Å². The van der Waals surface area contributed by atoms with E-state index in [4.69, 9.17) is 16.3 Å². The molecular formula is C26H41ClN2O3. The monoisotopic (exact) mass is 464 g/mol. The minimum absolute atomic E-state index is 0.204. The van der Waals surface area contributed by atoms with E-state index < -0.39 is 5.60 Å². The van der Waals surface area contributed by atoms with Crippen LogP contribution < -0.4 is 5.32 Å². The van der Waals surface area contributed by atoms with Crippen LogP contribution in [0.15, 0.2) is 47.8 Å². The van der Waals surface area contributed by atoms with Crippen LogP contribution in [0.3, 0.4) is 0 Å². The zero-order chi connectivity index (χ0) is 23.5. The van der Waals surface area contributed by atoms with Crippen molar-refractivity contribution in [3.05, 3.63) is 47.8 Å². The first-order chi connectivity index (χ1) is 15.1. The van der Waals surface area contributed by atoms with Gasteiger partial charge in [0.05, 0.1) is 17.1 Å². The number of piperidine rings is 1. The average molecular weight is 465 g/mol. The number of aliphatic hydroxyl groups is 2. The molecule has 1 fully saturated rings. The summed E-state index contributed by atoms with van der Waals surface area (Å²) < 4.78 is 5.51. The summed E-state index contributed by atoms with van der Waals surface area (Å²) in [6.45, 7) is 12.3. The lowest BCUT2D eigenvalue weighted by atomic mass is 9.65. The van der Waals surface area contributed by atoms with Crippen LogP contribution in [0.25, 0.3) is 0 Å². The molecule has 1 aliphatic heterocycles. The summed E-state index contributed by atoms with van der Waals surface area (Å²) in [4.78, 5) is 2.48. The minimum Gasteiger partial charge on any atom is -0.508 e. The number of nitrogens with zero attached hydrogens (tertiary/aromatic N) is 1. The van der Waals surface area contributed by atoms with Crippen molar-refractivity contribution >= 4 is 11.6 Å². The van der Waals surface area contributed by atoms with Gasteiger partial charge in [-0.2, -0.15) is 0 Å². The summed E-state index contributed by atoms with van der Waals surface area (Å²) in [5.41, 5.74) is -0.310. The average Bonchev–Trinajstić information content (AvgIpc) is 2.73. The zero-order valence-corrected chi connectivity index (χ0v) is 21.0. The highest BCUT2D eigenvalue weighted by Crippen LogP contribution is 2.45. The second-order valence-corrected chi connectivity index (χ2v) is 11.1. The number of halogens is 1. The van der Waals surface area contributed by atoms with Gasteiger partial charge in [0, 0.05) is 44.7 Å². The smallest absolute Gasteiger partial charge is 0.111 e. The molecule has 1 saturated heterocycles. The van der Waals surface area contributed by atoms with Crippen LogP contribution in [0.5, 0.6) is 0 Å². The maximum Gasteiger partial charge on any atom is 0.111 e. The summed E-state index contributed by atoms with van der Waals surface area (Å²) in [6, 6.07) is 0.349. The molecule has 5 nitrogen and oxygen atoms in total. The van der Waals surface area contributed by atoms with Crippen molar-refractivity contribution in [1.29, 1.82) is 0 Å². The van der Waals surface area contributed by atoms with Gasteiger partial charge in [-0.3, -0.25) is 0 Å². The number of rotatable bonds is 8. The number of allylic oxidation sites excluding steroid dienone is 2. The van der Waals surface area contributed by atoms with E-state index in [1.807, 2.05) is 30.4 Å². The maximum atomic E-state index is 11.8. The molecule has 6 heteroatoms. The molecule has 0 aromatic heterocycles. The van der Waals surface area contributed by atoms with Crippen molar-refractivity contribution in [3.8, 4) is 0 Å². The van der Waals surface area contributed by atoms with E-state index in [0.717, 1.165) is 38.2 Å². The van der Waals surface area contributed by atoms with E-state index in [9.17, 15) is 10.2 Å². The molecule has 3 aliphatic rings. The molecule has 32 heavy (non-hydrogen) atoms. The Hall–Kier alpha value is -1.11. The van der Waals surface area contributed by atoms with Crippen LogP contribution in [0.2, 0.25) is 0 Å². The van der Waals surface area contributed by atoms with Gasteiger partial charge in [0.15, 0.2) is 0 Å². The summed E-state index contributed by atoms with van der Waals surface area (Å²) >= 11 is 6.33. The van der Waals surface area contributed by atoms with Crippen molar-refractivity contribution < 1.29 is 14.9 Å². The van der Waals surface area contributed by atoms with Crippen LogP contribution in [0.1, 0.15) is 40.5 Å². The standard InChI is InChI=1S/C26H41ClN2O3/c1-18(2)23(28-15-19-7-6-8-21(30)13-19)16-29-12-11-26(31,25(3,4)17-29)20-9-10-22(27)24(14-20)32-5/h6,8-10,13-14,18-19,22-24,28,30-31H,7,11-12,15-17H2,1-5H3/t19?,22?,23-,24?,26?/m0/s1. The SMILES string of the molecule is COC1C=C(C2(O)CCN(C[C@H](NCC3C=C(O)C=CC3)C(C)C)CC2(C)C)C=CC1Cl. The minimum atomic E-state index is -0.911. The van der Waals surface area contributed by atoms with Crippen LogP contribution >= 0.6 is 11.6 Å². The molecule has 1 heterocycles. The Bertz CT molecular complexity index is 773. The fourth-order valence-corrected chi connectivity index (χ4v) is 5.43. The van der Waals surface area contributed by atoms with Crippen LogP contribution in [-0.4, -0.2) is 71.5 Å². The Kier molecular flexibility index (Phi) is 8.32. The predicted octanol–water partition coefficient (Wildman–Crippen LogP) is 4.20. The third-order valence-electron chi connectivity index (χ3n) is 7.43. The number of hydrogen-bond donors (Lipinski definition) is 3. The number of hydrogen-bond acceptors (Lipinski definition) is 5. The van der Waals surface area contributed by atoms with Crippen LogP contribution in [-0.2, 0) is 4.74 Å². The quantitative estimate of drug-likeness (QED) is 0.470.